The van der Waals surface area contributed by atoms with Crippen LogP contribution in [0.5, 0.6) is 0 Å². The van der Waals surface area contributed by atoms with Gasteiger partial charge in [0.15, 0.2) is 0 Å². The third-order valence-corrected chi connectivity index (χ3v) is 9.08. The Morgan fingerprint density at radius 3 is 2.44 bits per heavy atom. The molecule has 2 aromatic carbocycles. The van der Waals surface area contributed by atoms with Crippen molar-refractivity contribution in [2.24, 2.45) is 7.05 Å². The zero-order valence-corrected chi connectivity index (χ0v) is 28.1. The number of nitrogens with zero attached hydrogens (tertiary/aromatic N) is 3. The van der Waals surface area contributed by atoms with Gasteiger partial charge in [0.25, 0.3) is 11.1 Å². The highest BCUT2D eigenvalue weighted by atomic mass is 127. The van der Waals surface area contributed by atoms with Gasteiger partial charge in [0.05, 0.1) is 16.9 Å². The normalized spacial score (nSPS) is 13.6. The molecule has 3 N–H and O–H groups in total. The van der Waals surface area contributed by atoms with Gasteiger partial charge in [0.2, 0.25) is 0 Å². The van der Waals surface area contributed by atoms with Crippen LogP contribution in [0, 0.1) is 16.3 Å². The van der Waals surface area contributed by atoms with E-state index in [1.807, 2.05) is 27.3 Å². The lowest BCUT2D eigenvalue weighted by Gasteiger charge is -2.21. The average molecular weight is 807 g/mol. The van der Waals surface area contributed by atoms with Crippen LogP contribution in [0.3, 0.4) is 0 Å². The van der Waals surface area contributed by atoms with Crippen LogP contribution in [-0.4, -0.2) is 40.8 Å². The molecule has 2 heterocycles. The second kappa shape index (κ2) is 13.4. The van der Waals surface area contributed by atoms with Crippen molar-refractivity contribution < 1.29 is 35.6 Å². The summed E-state index contributed by atoms with van der Waals surface area (Å²) in [6.07, 6.45) is -3.88. The van der Waals surface area contributed by atoms with E-state index in [2.05, 4.69) is 10.2 Å². The summed E-state index contributed by atoms with van der Waals surface area (Å²) < 4.78 is 81.6. The van der Waals surface area contributed by atoms with E-state index >= 15 is 0 Å². The topological polar surface area (TPSA) is 163 Å². The predicted octanol–water partition coefficient (Wildman–Crippen LogP) is 3.36. The van der Waals surface area contributed by atoms with Crippen LogP contribution in [0.4, 0.5) is 29.1 Å². The summed E-state index contributed by atoms with van der Waals surface area (Å²) in [5.41, 5.74) is -0.822. The zero-order chi connectivity index (χ0) is 35.1. The molecule has 0 radical (unpaired) electrons. The van der Waals surface area contributed by atoms with Crippen molar-refractivity contribution in [1.29, 1.82) is 0 Å². The third kappa shape index (κ3) is 7.32. The Labute approximate surface area is 282 Å². The summed E-state index contributed by atoms with van der Waals surface area (Å²) in [5.74, 6) is -3.36. The Bertz CT molecular complexity index is 2230. The first-order chi connectivity index (χ1) is 22.5. The van der Waals surface area contributed by atoms with E-state index in [0.717, 1.165) is 9.45 Å². The van der Waals surface area contributed by atoms with Gasteiger partial charge in [-0.25, -0.2) is 14.0 Å². The summed E-state index contributed by atoms with van der Waals surface area (Å²) in [5, 5.41) is 2.89. The van der Waals surface area contributed by atoms with E-state index < -0.39 is 45.0 Å². The Kier molecular flexibility index (Phi) is 9.86. The highest BCUT2D eigenvalue weighted by molar-refractivity contribution is 14.1. The molecule has 0 amide bonds. The number of alkyl halides is 3. The second-order valence-corrected chi connectivity index (χ2v) is 13.7. The first-order valence-electron chi connectivity index (χ1n) is 14.3. The maximum Gasteiger partial charge on any atom is 0.492 e. The number of anilines is 2. The minimum Gasteiger partial charge on any atom is -0.347 e. The number of pyridine rings is 1. The van der Waals surface area contributed by atoms with Gasteiger partial charge in [-0.2, -0.15) is 26.3 Å². The van der Waals surface area contributed by atoms with Gasteiger partial charge < -0.3 is 10.2 Å². The molecule has 19 heteroatoms. The number of carbonyl (C=O) groups is 1. The van der Waals surface area contributed by atoms with E-state index in [1.165, 1.54) is 35.2 Å². The standard InChI is InChI=1S/C29H27F4IN6O7S/c1-15-23-22(24(38(2)25(15)41)36-21-11-8-17(34)14-20(21)30)26(42)40(18-9-10-18)28(44)39(23)19-7-3-5-16(13-19)6-4-12-35-48(45,46)37-47-27(43)29(31,32)33/h3,5,7-8,11,13-14,18,35-37H,4,6,9-10,12H2,1-2H3. The lowest BCUT2D eigenvalue weighted by molar-refractivity contribution is -0.203. The van der Waals surface area contributed by atoms with Gasteiger partial charge in [-0.1, -0.05) is 12.1 Å². The summed E-state index contributed by atoms with van der Waals surface area (Å²) in [6.45, 7) is 1.21. The molecule has 1 fully saturated rings. The van der Waals surface area contributed by atoms with E-state index in [9.17, 15) is 45.2 Å². The van der Waals surface area contributed by atoms with Crippen LogP contribution in [0.2, 0.25) is 0 Å². The first kappa shape index (κ1) is 35.2. The van der Waals surface area contributed by atoms with E-state index in [0.29, 0.717) is 27.7 Å². The molecular weight excluding hydrogens is 779 g/mol. The van der Waals surface area contributed by atoms with Gasteiger partial charge >= 0.3 is 28.0 Å². The Morgan fingerprint density at radius 1 is 1.08 bits per heavy atom. The number of aromatic nitrogens is 3. The molecule has 0 atom stereocenters. The Morgan fingerprint density at radius 2 is 1.79 bits per heavy atom. The summed E-state index contributed by atoms with van der Waals surface area (Å²) in [7, 11) is -3.18. The van der Waals surface area contributed by atoms with Crippen molar-refractivity contribution in [2.75, 3.05) is 11.9 Å². The van der Waals surface area contributed by atoms with Crippen LogP contribution in [0.15, 0.2) is 56.8 Å². The molecule has 0 aliphatic heterocycles. The molecule has 13 nitrogen and oxygen atoms in total. The molecule has 5 rings (SSSR count). The fourth-order valence-corrected chi connectivity index (χ4v) is 6.21. The second-order valence-electron chi connectivity index (χ2n) is 11.0. The van der Waals surface area contributed by atoms with Gasteiger partial charge in [0.1, 0.15) is 17.0 Å². The number of rotatable bonds is 11. The van der Waals surface area contributed by atoms with Crippen molar-refractivity contribution in [3.63, 3.8) is 0 Å². The zero-order valence-electron chi connectivity index (χ0n) is 25.2. The maximum atomic E-state index is 14.9. The van der Waals surface area contributed by atoms with E-state index in [-0.39, 0.29) is 53.4 Å². The Hall–Kier alpha value is -4.08. The maximum absolute atomic E-state index is 14.9. The fourth-order valence-electron chi connectivity index (χ4n) is 5.10. The van der Waals surface area contributed by atoms with Crippen LogP contribution >= 0.6 is 22.6 Å². The lowest BCUT2D eigenvalue weighted by atomic mass is 10.1. The molecule has 1 aliphatic carbocycles. The molecule has 1 saturated carbocycles. The van der Waals surface area contributed by atoms with Crippen LogP contribution in [0.1, 0.15) is 36.4 Å². The summed E-state index contributed by atoms with van der Waals surface area (Å²) >= 11 is 1.95. The monoisotopic (exact) mass is 806 g/mol. The highest BCUT2D eigenvalue weighted by Gasteiger charge is 2.42. The van der Waals surface area contributed by atoms with Gasteiger partial charge in [0, 0.05) is 28.8 Å². The molecular formula is C29H27F4IN6O7S. The quantitative estimate of drug-likeness (QED) is 0.0901. The molecule has 48 heavy (non-hydrogen) atoms. The molecule has 256 valence electrons. The van der Waals surface area contributed by atoms with Crippen molar-refractivity contribution >= 4 is 61.2 Å². The minimum absolute atomic E-state index is 0.00224. The first-order valence-corrected chi connectivity index (χ1v) is 16.8. The number of fused-ring (bicyclic) bond motifs is 1. The van der Waals surface area contributed by atoms with Gasteiger partial charge in [-0.05, 0) is 96.0 Å². The van der Waals surface area contributed by atoms with E-state index in [4.69, 9.17) is 0 Å². The van der Waals surface area contributed by atoms with Crippen LogP contribution in [-0.2, 0) is 33.3 Å². The molecule has 2 aromatic heterocycles. The molecule has 4 aromatic rings. The van der Waals surface area contributed by atoms with Gasteiger partial charge in [-0.3, -0.25) is 23.3 Å². The lowest BCUT2D eigenvalue weighted by Crippen LogP contribution is -2.41. The molecule has 0 unspecified atom stereocenters. The number of carbonyl (C=O) groups excluding carboxylic acids is 1. The number of benzene rings is 2. The largest absolute Gasteiger partial charge is 0.492 e. The smallest absolute Gasteiger partial charge is 0.347 e. The molecule has 0 saturated heterocycles. The van der Waals surface area contributed by atoms with Crippen LogP contribution < -0.4 is 31.7 Å². The SMILES string of the molecule is Cc1c(=O)n(C)c(Nc2ccc(I)cc2F)c2c(=O)n(C3CC3)c(=O)n(-c3cccc(CCCNS(=O)(=O)NOC(=O)C(F)(F)F)c3)c12. The number of halogens is 5. The average Bonchev–Trinajstić information content (AvgIpc) is 3.85. The molecule has 1 aliphatic rings. The van der Waals surface area contributed by atoms with Crippen molar-refractivity contribution in [2.45, 2.75) is 44.8 Å². The fraction of sp³-hybridized carbons (Fsp3) is 0.310. The Balaban J connectivity index is 1.51. The van der Waals surface area contributed by atoms with Crippen molar-refractivity contribution in [3.05, 3.63) is 94.2 Å². The number of nitrogens with one attached hydrogen (secondary N) is 3. The van der Waals surface area contributed by atoms with Crippen molar-refractivity contribution in [3.8, 4) is 5.69 Å². The molecule has 0 spiro atoms. The highest BCUT2D eigenvalue weighted by Crippen LogP contribution is 2.34. The van der Waals surface area contributed by atoms with Crippen LogP contribution in [0.25, 0.3) is 16.6 Å². The summed E-state index contributed by atoms with van der Waals surface area (Å²) in [4.78, 5) is 56.8. The third-order valence-electron chi connectivity index (χ3n) is 7.52. The molecule has 0 bridgehead atoms. The predicted molar refractivity (Wildman–Crippen MR) is 175 cm³/mol. The van der Waals surface area contributed by atoms with E-state index in [1.54, 1.807) is 30.3 Å². The number of hydrogen-bond donors (Lipinski definition) is 3. The number of hydrogen-bond acceptors (Lipinski definition) is 8. The summed E-state index contributed by atoms with van der Waals surface area (Å²) in [6, 6.07) is 10.5. The van der Waals surface area contributed by atoms with Crippen molar-refractivity contribution in [1.82, 2.24) is 23.3 Å². The van der Waals surface area contributed by atoms with Gasteiger partial charge in [-0.15, -0.1) is 0 Å². The number of aryl methyl sites for hydroxylation is 2. The minimum atomic E-state index is -5.39.